The lowest BCUT2D eigenvalue weighted by Gasteiger charge is -2.11. The third-order valence-corrected chi connectivity index (χ3v) is 5.50. The van der Waals surface area contributed by atoms with Crippen LogP contribution in [0.4, 0.5) is 0 Å². The molecule has 0 atom stereocenters. The quantitative estimate of drug-likeness (QED) is 0.284. The van der Waals surface area contributed by atoms with Gasteiger partial charge in [0, 0.05) is 6.54 Å². The number of aryl methyl sites for hydroxylation is 3. The summed E-state index contributed by atoms with van der Waals surface area (Å²) < 4.78 is 14.2. The van der Waals surface area contributed by atoms with E-state index < -0.39 is 0 Å². The van der Waals surface area contributed by atoms with E-state index >= 15 is 0 Å². The molecule has 4 rings (SSSR count). The molecular formula is C27H30N2O2. The molecule has 4 nitrogen and oxygen atoms in total. The molecule has 0 amide bonds. The van der Waals surface area contributed by atoms with Crippen molar-refractivity contribution in [2.24, 2.45) is 0 Å². The number of hydrogen-bond acceptors (Lipinski definition) is 3. The molecule has 0 aliphatic heterocycles. The minimum atomic E-state index is 0.456. The van der Waals surface area contributed by atoms with Gasteiger partial charge in [0.25, 0.3) is 0 Å². The Morgan fingerprint density at radius 3 is 2.29 bits per heavy atom. The number of benzene rings is 3. The first-order valence-corrected chi connectivity index (χ1v) is 11.1. The van der Waals surface area contributed by atoms with Gasteiger partial charge in [-0.25, -0.2) is 4.98 Å². The van der Waals surface area contributed by atoms with Crippen molar-refractivity contribution in [3.63, 3.8) is 0 Å². The Bertz CT molecular complexity index is 1100. The average molecular weight is 415 g/mol. The van der Waals surface area contributed by atoms with Crippen molar-refractivity contribution < 1.29 is 9.47 Å². The third-order valence-electron chi connectivity index (χ3n) is 5.50. The molecule has 160 valence electrons. The highest BCUT2D eigenvalue weighted by Crippen LogP contribution is 2.20. The number of rotatable bonds is 10. The largest absolute Gasteiger partial charge is 0.494 e. The molecule has 31 heavy (non-hydrogen) atoms. The van der Waals surface area contributed by atoms with Gasteiger partial charge in [-0.3, -0.25) is 0 Å². The first kappa shape index (κ1) is 21.0. The summed E-state index contributed by atoms with van der Waals surface area (Å²) in [6.07, 6.45) is 3.06. The lowest BCUT2D eigenvalue weighted by Crippen LogP contribution is -2.09. The number of para-hydroxylation sites is 2. The minimum absolute atomic E-state index is 0.456. The summed E-state index contributed by atoms with van der Waals surface area (Å²) in [6, 6.07) is 24.8. The van der Waals surface area contributed by atoms with E-state index in [-0.39, 0.29) is 0 Å². The number of ether oxygens (including phenoxy) is 2. The van der Waals surface area contributed by atoms with Gasteiger partial charge in [-0.1, -0.05) is 48.9 Å². The van der Waals surface area contributed by atoms with Crippen molar-refractivity contribution in [3.8, 4) is 11.5 Å². The van der Waals surface area contributed by atoms with Gasteiger partial charge in [-0.05, 0) is 68.1 Å². The normalized spacial score (nSPS) is 11.0. The van der Waals surface area contributed by atoms with Gasteiger partial charge in [0.2, 0.25) is 0 Å². The molecule has 3 aromatic carbocycles. The highest BCUT2D eigenvalue weighted by atomic mass is 16.5. The van der Waals surface area contributed by atoms with Crippen LogP contribution in [-0.4, -0.2) is 16.2 Å². The SMILES string of the molecule is CCc1ccc(OCCCCn2c(COc3ccc(C)cc3)nc3ccccc32)cc1. The van der Waals surface area contributed by atoms with E-state index in [2.05, 4.69) is 73.0 Å². The monoisotopic (exact) mass is 414 g/mol. The molecule has 1 aromatic heterocycles. The molecule has 4 aromatic rings. The van der Waals surface area contributed by atoms with Crippen molar-refractivity contribution in [2.75, 3.05) is 6.61 Å². The Hall–Kier alpha value is -3.27. The summed E-state index contributed by atoms with van der Waals surface area (Å²) in [5.41, 5.74) is 4.72. The fourth-order valence-electron chi connectivity index (χ4n) is 3.65. The standard InChI is InChI=1S/C27H30N2O2/c1-3-22-12-16-23(17-13-22)30-19-7-6-18-29-26-9-5-4-8-25(26)28-27(29)20-31-24-14-10-21(2)11-15-24/h4-5,8-17H,3,6-7,18-20H2,1-2H3. The van der Waals surface area contributed by atoms with E-state index in [0.29, 0.717) is 13.2 Å². The number of fused-ring (bicyclic) bond motifs is 1. The van der Waals surface area contributed by atoms with E-state index in [4.69, 9.17) is 14.5 Å². The fourth-order valence-corrected chi connectivity index (χ4v) is 3.65. The second-order valence-corrected chi connectivity index (χ2v) is 7.82. The second-order valence-electron chi connectivity index (χ2n) is 7.82. The third kappa shape index (κ3) is 5.46. The zero-order valence-corrected chi connectivity index (χ0v) is 18.4. The maximum Gasteiger partial charge on any atom is 0.147 e. The predicted octanol–water partition coefficient (Wildman–Crippen LogP) is 6.35. The van der Waals surface area contributed by atoms with Gasteiger partial charge in [-0.15, -0.1) is 0 Å². The summed E-state index contributed by atoms with van der Waals surface area (Å²) in [5, 5.41) is 0. The van der Waals surface area contributed by atoms with Crippen LogP contribution in [0.25, 0.3) is 11.0 Å². The van der Waals surface area contributed by atoms with Crippen molar-refractivity contribution in [2.45, 2.75) is 46.3 Å². The van der Waals surface area contributed by atoms with Crippen LogP contribution < -0.4 is 9.47 Å². The van der Waals surface area contributed by atoms with E-state index in [1.165, 1.54) is 11.1 Å². The molecule has 0 unspecified atom stereocenters. The highest BCUT2D eigenvalue weighted by Gasteiger charge is 2.11. The van der Waals surface area contributed by atoms with Gasteiger partial charge in [-0.2, -0.15) is 0 Å². The molecule has 1 heterocycles. The van der Waals surface area contributed by atoms with Crippen molar-refractivity contribution >= 4 is 11.0 Å². The summed E-state index contributed by atoms with van der Waals surface area (Å²) >= 11 is 0. The van der Waals surface area contributed by atoms with Crippen LogP contribution in [0.2, 0.25) is 0 Å². The zero-order valence-electron chi connectivity index (χ0n) is 18.4. The lowest BCUT2D eigenvalue weighted by molar-refractivity contribution is 0.285. The Morgan fingerprint density at radius 1 is 0.806 bits per heavy atom. The molecule has 0 radical (unpaired) electrons. The number of unbranched alkanes of at least 4 members (excludes halogenated alkanes) is 1. The second kappa shape index (κ2) is 10.2. The van der Waals surface area contributed by atoms with Crippen LogP contribution in [-0.2, 0) is 19.6 Å². The van der Waals surface area contributed by atoms with Crippen LogP contribution >= 0.6 is 0 Å². The molecule has 0 spiro atoms. The van der Waals surface area contributed by atoms with Crippen LogP contribution in [0, 0.1) is 6.92 Å². The molecular weight excluding hydrogens is 384 g/mol. The molecule has 0 saturated heterocycles. The van der Waals surface area contributed by atoms with Gasteiger partial charge in [0.1, 0.15) is 23.9 Å². The number of imidazole rings is 1. The lowest BCUT2D eigenvalue weighted by atomic mass is 10.2. The Kier molecular flexibility index (Phi) is 6.88. The van der Waals surface area contributed by atoms with E-state index in [1.54, 1.807) is 0 Å². The number of aromatic nitrogens is 2. The van der Waals surface area contributed by atoms with Crippen molar-refractivity contribution in [1.82, 2.24) is 9.55 Å². The smallest absolute Gasteiger partial charge is 0.147 e. The first-order valence-electron chi connectivity index (χ1n) is 11.1. The molecule has 0 saturated carbocycles. The first-order chi connectivity index (χ1) is 15.2. The summed E-state index contributed by atoms with van der Waals surface area (Å²) in [4.78, 5) is 4.81. The molecule has 4 heteroatoms. The van der Waals surface area contributed by atoms with Gasteiger partial charge in [0.15, 0.2) is 0 Å². The molecule has 0 bridgehead atoms. The Labute approximate surface area is 184 Å². The Morgan fingerprint density at radius 2 is 1.52 bits per heavy atom. The van der Waals surface area contributed by atoms with Gasteiger partial charge < -0.3 is 14.0 Å². The van der Waals surface area contributed by atoms with Crippen LogP contribution in [0.1, 0.15) is 36.7 Å². The highest BCUT2D eigenvalue weighted by molar-refractivity contribution is 5.75. The molecule has 0 fully saturated rings. The molecule has 0 aliphatic carbocycles. The van der Waals surface area contributed by atoms with Crippen molar-refractivity contribution in [1.29, 1.82) is 0 Å². The maximum atomic E-state index is 6.01. The van der Waals surface area contributed by atoms with Crippen LogP contribution in [0.3, 0.4) is 0 Å². The minimum Gasteiger partial charge on any atom is -0.494 e. The van der Waals surface area contributed by atoms with E-state index in [1.807, 2.05) is 18.2 Å². The number of nitrogens with zero attached hydrogens (tertiary/aromatic N) is 2. The molecule has 0 N–H and O–H groups in total. The summed E-state index contributed by atoms with van der Waals surface area (Å²) in [6.45, 7) is 6.31. The average Bonchev–Trinajstić information content (AvgIpc) is 3.16. The summed E-state index contributed by atoms with van der Waals surface area (Å²) in [7, 11) is 0. The van der Waals surface area contributed by atoms with Crippen LogP contribution in [0.5, 0.6) is 11.5 Å². The van der Waals surface area contributed by atoms with Gasteiger partial charge in [0.05, 0.1) is 17.6 Å². The fraction of sp³-hybridized carbons (Fsp3) is 0.296. The van der Waals surface area contributed by atoms with Gasteiger partial charge >= 0.3 is 0 Å². The predicted molar refractivity (Wildman–Crippen MR) is 126 cm³/mol. The van der Waals surface area contributed by atoms with E-state index in [0.717, 1.165) is 54.2 Å². The topological polar surface area (TPSA) is 36.3 Å². The zero-order chi connectivity index (χ0) is 21.5. The number of hydrogen-bond donors (Lipinski definition) is 0. The summed E-state index contributed by atoms with van der Waals surface area (Å²) in [5.74, 6) is 2.77. The maximum absolute atomic E-state index is 6.01. The molecule has 0 aliphatic rings. The van der Waals surface area contributed by atoms with E-state index in [9.17, 15) is 0 Å². The Balaban J connectivity index is 1.35. The van der Waals surface area contributed by atoms with Crippen molar-refractivity contribution in [3.05, 3.63) is 89.7 Å². The van der Waals surface area contributed by atoms with Crippen LogP contribution in [0.15, 0.2) is 72.8 Å².